The van der Waals surface area contributed by atoms with Gasteiger partial charge in [0.15, 0.2) is 12.3 Å². The maximum absolute atomic E-state index is 13.9. The van der Waals surface area contributed by atoms with Crippen LogP contribution in [0.1, 0.15) is 13.2 Å². The van der Waals surface area contributed by atoms with Crippen molar-refractivity contribution in [1.29, 1.82) is 0 Å². The highest BCUT2D eigenvalue weighted by atomic mass is 19.1. The van der Waals surface area contributed by atoms with Gasteiger partial charge in [-0.15, -0.1) is 0 Å². The molecule has 110 valence electrons. The SMILES string of the molecule is COC1O[C@@H]2[C@H](F)O[C@@H](n3ccc(=O)[nH]c3=O)[C@]2(C)O1. The van der Waals surface area contributed by atoms with Crippen LogP contribution < -0.4 is 11.2 Å². The van der Waals surface area contributed by atoms with Crippen molar-refractivity contribution in [3.05, 3.63) is 33.1 Å². The van der Waals surface area contributed by atoms with Crippen LogP contribution in [0, 0.1) is 0 Å². The van der Waals surface area contributed by atoms with Crippen LogP contribution >= 0.6 is 0 Å². The van der Waals surface area contributed by atoms with Gasteiger partial charge in [-0.25, -0.2) is 9.18 Å². The molecule has 1 aromatic heterocycles. The Morgan fingerprint density at radius 3 is 2.85 bits per heavy atom. The topological polar surface area (TPSA) is 91.8 Å². The monoisotopic (exact) mass is 288 g/mol. The first-order valence-electron chi connectivity index (χ1n) is 5.93. The van der Waals surface area contributed by atoms with Gasteiger partial charge >= 0.3 is 5.69 Å². The van der Waals surface area contributed by atoms with Crippen LogP contribution in [0.5, 0.6) is 0 Å². The Kier molecular flexibility index (Phi) is 3.01. The second-order valence-corrected chi connectivity index (χ2v) is 4.74. The molecule has 0 amide bonds. The summed E-state index contributed by atoms with van der Waals surface area (Å²) in [7, 11) is 1.35. The smallest absolute Gasteiger partial charge is 0.330 e. The Balaban J connectivity index is 2.02. The Labute approximate surface area is 112 Å². The molecule has 8 nitrogen and oxygen atoms in total. The quantitative estimate of drug-likeness (QED) is 0.786. The van der Waals surface area contributed by atoms with E-state index >= 15 is 0 Å². The Morgan fingerprint density at radius 1 is 1.45 bits per heavy atom. The minimum absolute atomic E-state index is 0.555. The van der Waals surface area contributed by atoms with Gasteiger partial charge in [-0.2, -0.15) is 0 Å². The number of nitrogens with one attached hydrogen (secondary N) is 1. The lowest BCUT2D eigenvalue weighted by molar-refractivity contribution is -0.276. The molecule has 0 aliphatic carbocycles. The van der Waals surface area contributed by atoms with Crippen LogP contribution in [0.3, 0.4) is 0 Å². The van der Waals surface area contributed by atoms with Crippen molar-refractivity contribution in [1.82, 2.24) is 9.55 Å². The molecule has 20 heavy (non-hydrogen) atoms. The second-order valence-electron chi connectivity index (χ2n) is 4.74. The largest absolute Gasteiger partial charge is 0.333 e. The highest BCUT2D eigenvalue weighted by molar-refractivity contribution is 5.02. The van der Waals surface area contributed by atoms with Crippen molar-refractivity contribution in [2.75, 3.05) is 7.11 Å². The number of hydrogen-bond acceptors (Lipinski definition) is 6. The number of halogens is 1. The molecule has 2 saturated heterocycles. The lowest BCUT2D eigenvalue weighted by atomic mass is 10.00. The number of rotatable bonds is 2. The first kappa shape index (κ1) is 13.4. The minimum Gasteiger partial charge on any atom is -0.333 e. The summed E-state index contributed by atoms with van der Waals surface area (Å²) in [6.07, 6.45) is -2.66. The van der Waals surface area contributed by atoms with E-state index in [-0.39, 0.29) is 0 Å². The van der Waals surface area contributed by atoms with Gasteiger partial charge in [0.1, 0.15) is 5.60 Å². The van der Waals surface area contributed by atoms with E-state index in [1.165, 1.54) is 13.3 Å². The lowest BCUT2D eigenvalue weighted by Crippen LogP contribution is -2.44. The van der Waals surface area contributed by atoms with Crippen molar-refractivity contribution >= 4 is 0 Å². The Hall–Kier alpha value is -1.55. The number of hydrogen-bond donors (Lipinski definition) is 1. The fourth-order valence-corrected chi connectivity index (χ4v) is 2.46. The van der Waals surface area contributed by atoms with Crippen molar-refractivity contribution in [3.63, 3.8) is 0 Å². The van der Waals surface area contributed by atoms with Crippen LogP contribution in [-0.4, -0.2) is 41.2 Å². The maximum atomic E-state index is 13.9. The van der Waals surface area contributed by atoms with E-state index in [9.17, 15) is 14.0 Å². The van der Waals surface area contributed by atoms with Gasteiger partial charge in [-0.05, 0) is 6.92 Å². The minimum atomic E-state index is -1.77. The molecule has 1 unspecified atom stereocenters. The third-order valence-corrected chi connectivity index (χ3v) is 3.46. The molecule has 0 spiro atoms. The van der Waals surface area contributed by atoms with E-state index < -0.39 is 42.0 Å². The van der Waals surface area contributed by atoms with Gasteiger partial charge in [0.25, 0.3) is 12.0 Å². The standard InChI is InChI=1S/C11H13FN2O6/c1-11-6(18-10(17-2)20-11)7(12)19-8(11)14-4-3-5(15)13-9(14)16/h3-4,6-8,10H,1-2H3,(H,13,15,16)/t6-,7-,8-,10?,11-/m1/s1. The van der Waals surface area contributed by atoms with Gasteiger partial charge < -0.3 is 18.9 Å². The van der Waals surface area contributed by atoms with Crippen LogP contribution in [0.4, 0.5) is 4.39 Å². The number of aromatic amines is 1. The second kappa shape index (κ2) is 4.48. The molecular formula is C11H13FN2O6. The van der Waals surface area contributed by atoms with Gasteiger partial charge in [0.2, 0.25) is 6.36 Å². The van der Waals surface area contributed by atoms with Crippen LogP contribution in [0.25, 0.3) is 0 Å². The Morgan fingerprint density at radius 2 is 2.20 bits per heavy atom. The third-order valence-electron chi connectivity index (χ3n) is 3.46. The molecule has 5 atom stereocenters. The number of ether oxygens (including phenoxy) is 4. The van der Waals surface area contributed by atoms with E-state index in [0.29, 0.717) is 0 Å². The van der Waals surface area contributed by atoms with E-state index in [1.54, 1.807) is 6.92 Å². The zero-order valence-electron chi connectivity index (χ0n) is 10.7. The zero-order chi connectivity index (χ0) is 14.5. The first-order chi connectivity index (χ1) is 9.45. The van der Waals surface area contributed by atoms with E-state index in [2.05, 4.69) is 4.98 Å². The molecule has 2 aliphatic rings. The van der Waals surface area contributed by atoms with Crippen LogP contribution in [-0.2, 0) is 18.9 Å². The molecule has 0 bridgehead atoms. The Bertz CT molecular complexity index is 630. The summed E-state index contributed by atoms with van der Waals surface area (Å²) in [6.45, 7) is 0.520. The van der Waals surface area contributed by atoms with Crippen molar-refractivity contribution < 1.29 is 23.3 Å². The summed E-state index contributed by atoms with van der Waals surface area (Å²) >= 11 is 0. The van der Waals surface area contributed by atoms with Crippen molar-refractivity contribution in [2.24, 2.45) is 0 Å². The van der Waals surface area contributed by atoms with Gasteiger partial charge in [-0.1, -0.05) is 0 Å². The van der Waals surface area contributed by atoms with Crippen LogP contribution in [0.15, 0.2) is 21.9 Å². The zero-order valence-corrected chi connectivity index (χ0v) is 10.7. The van der Waals surface area contributed by atoms with Crippen molar-refractivity contribution in [2.45, 2.75) is 37.7 Å². The lowest BCUT2D eigenvalue weighted by Gasteiger charge is -2.27. The predicted molar refractivity (Wildman–Crippen MR) is 61.5 cm³/mol. The molecule has 2 aliphatic heterocycles. The fraction of sp³-hybridized carbons (Fsp3) is 0.636. The molecular weight excluding hydrogens is 275 g/mol. The average Bonchev–Trinajstić information content (AvgIpc) is 2.85. The van der Waals surface area contributed by atoms with Crippen LogP contribution in [0.2, 0.25) is 0 Å². The molecule has 9 heteroatoms. The third kappa shape index (κ3) is 1.82. The normalized spacial score (nSPS) is 40.0. The molecule has 1 N–H and O–H groups in total. The predicted octanol–water partition coefficient (Wildman–Crippen LogP) is -0.535. The molecule has 0 saturated carbocycles. The van der Waals surface area contributed by atoms with E-state index in [0.717, 1.165) is 10.6 Å². The number of H-pyrrole nitrogens is 1. The molecule has 0 aromatic carbocycles. The first-order valence-corrected chi connectivity index (χ1v) is 5.93. The fourth-order valence-electron chi connectivity index (χ4n) is 2.46. The van der Waals surface area contributed by atoms with Gasteiger partial charge in [-0.3, -0.25) is 14.3 Å². The summed E-state index contributed by atoms with van der Waals surface area (Å²) < 4.78 is 35.7. The van der Waals surface area contributed by atoms with Crippen molar-refractivity contribution in [3.8, 4) is 0 Å². The number of alkyl halides is 1. The van der Waals surface area contributed by atoms with Gasteiger partial charge in [0.05, 0.1) is 0 Å². The molecule has 0 radical (unpaired) electrons. The average molecular weight is 288 g/mol. The molecule has 1 aromatic rings. The maximum Gasteiger partial charge on any atom is 0.330 e. The van der Waals surface area contributed by atoms with E-state index in [1.807, 2.05) is 0 Å². The summed E-state index contributed by atoms with van der Waals surface area (Å²) in [5.41, 5.74) is -2.52. The molecule has 2 fully saturated rings. The number of fused-ring (bicyclic) bond motifs is 1. The highest BCUT2D eigenvalue weighted by Gasteiger charge is 2.63. The number of nitrogens with zero attached hydrogens (tertiary/aromatic N) is 1. The van der Waals surface area contributed by atoms with Gasteiger partial charge in [0, 0.05) is 19.4 Å². The summed E-state index contributed by atoms with van der Waals surface area (Å²) in [6, 6.07) is 1.14. The number of methoxy groups -OCH3 is 1. The highest BCUT2D eigenvalue weighted by Crippen LogP contribution is 2.47. The number of aromatic nitrogens is 2. The summed E-state index contributed by atoms with van der Waals surface area (Å²) in [4.78, 5) is 24.9. The molecule has 3 heterocycles. The summed E-state index contributed by atoms with van der Waals surface area (Å²) in [5.74, 6) is 0. The molecule has 3 rings (SSSR count). The van der Waals surface area contributed by atoms with E-state index in [4.69, 9.17) is 18.9 Å². The summed E-state index contributed by atoms with van der Waals surface area (Å²) in [5, 5.41) is 0.